The van der Waals surface area contributed by atoms with Gasteiger partial charge in [0.25, 0.3) is 0 Å². The molecule has 0 unspecified atom stereocenters. The molecule has 0 bridgehead atoms. The number of hydrogen-bond donors (Lipinski definition) is 2. The van der Waals surface area contributed by atoms with Crippen LogP contribution in [0.1, 0.15) is 10.4 Å². The Balaban J connectivity index is 2.59. The third-order valence-corrected chi connectivity index (χ3v) is 2.29. The smallest absolute Gasteiger partial charge is 0.249 e. The molecule has 0 saturated carbocycles. The molecule has 16 heavy (non-hydrogen) atoms. The number of nitrogens with two attached hydrogens (primary N) is 1. The molecule has 80 valence electrons. The third kappa shape index (κ3) is 1.86. The average molecular weight is 214 g/mol. The van der Waals surface area contributed by atoms with Crippen LogP contribution >= 0.6 is 0 Å². The van der Waals surface area contributed by atoms with E-state index in [-0.39, 0.29) is 5.56 Å². The van der Waals surface area contributed by atoms with Crippen LogP contribution in [0.25, 0.3) is 11.1 Å². The third-order valence-electron chi connectivity index (χ3n) is 2.29. The minimum atomic E-state index is -0.484. The lowest BCUT2D eigenvalue weighted by molar-refractivity contribution is 0.100. The monoisotopic (exact) mass is 214 g/mol. The van der Waals surface area contributed by atoms with Gasteiger partial charge in [-0.25, -0.2) is 0 Å². The fourth-order valence-electron chi connectivity index (χ4n) is 1.53. The van der Waals surface area contributed by atoms with Crippen LogP contribution < -0.4 is 11.3 Å². The first kappa shape index (κ1) is 10.2. The molecule has 1 heterocycles. The van der Waals surface area contributed by atoms with E-state index in [9.17, 15) is 9.59 Å². The van der Waals surface area contributed by atoms with E-state index < -0.39 is 5.91 Å². The second-order valence-corrected chi connectivity index (χ2v) is 3.35. The van der Waals surface area contributed by atoms with Gasteiger partial charge < -0.3 is 10.7 Å². The standard InChI is InChI=1S/C12H10N2O2/c13-12(16)10-4-2-1-3-9(10)8-5-6-11(15)14-7-8/h1-7H,(H2,13,16)(H,14,15). The molecule has 0 aliphatic heterocycles. The van der Waals surface area contributed by atoms with Crippen molar-refractivity contribution in [2.45, 2.75) is 0 Å². The summed E-state index contributed by atoms with van der Waals surface area (Å²) in [6.07, 6.45) is 1.56. The van der Waals surface area contributed by atoms with Gasteiger partial charge in [0.15, 0.2) is 0 Å². The lowest BCUT2D eigenvalue weighted by Crippen LogP contribution is -2.12. The van der Waals surface area contributed by atoms with E-state index >= 15 is 0 Å². The molecule has 3 N–H and O–H groups in total. The number of amides is 1. The fourth-order valence-corrected chi connectivity index (χ4v) is 1.53. The molecule has 0 atom stereocenters. The van der Waals surface area contributed by atoms with E-state index in [2.05, 4.69) is 4.98 Å². The van der Waals surface area contributed by atoms with Crippen molar-refractivity contribution in [2.75, 3.05) is 0 Å². The first-order chi connectivity index (χ1) is 7.68. The summed E-state index contributed by atoms with van der Waals surface area (Å²) in [6.45, 7) is 0. The van der Waals surface area contributed by atoms with Gasteiger partial charge in [0.2, 0.25) is 11.5 Å². The predicted octanol–water partition coefficient (Wildman–Crippen LogP) is 1.14. The highest BCUT2D eigenvalue weighted by atomic mass is 16.1. The molecular weight excluding hydrogens is 204 g/mol. The first-order valence-electron chi connectivity index (χ1n) is 4.76. The molecule has 0 aliphatic carbocycles. The van der Waals surface area contributed by atoms with Crippen LogP contribution in [-0.4, -0.2) is 10.9 Å². The van der Waals surface area contributed by atoms with Crippen LogP contribution in [0.2, 0.25) is 0 Å². The Morgan fingerprint density at radius 2 is 1.88 bits per heavy atom. The summed E-state index contributed by atoms with van der Waals surface area (Å²) in [6, 6.07) is 10.1. The molecule has 2 rings (SSSR count). The van der Waals surface area contributed by atoms with E-state index in [1.165, 1.54) is 6.07 Å². The van der Waals surface area contributed by atoms with E-state index in [1.807, 2.05) is 6.07 Å². The molecule has 4 heteroatoms. The number of H-pyrrole nitrogens is 1. The lowest BCUT2D eigenvalue weighted by atomic mass is 10.0. The zero-order valence-corrected chi connectivity index (χ0v) is 8.44. The molecule has 0 fully saturated rings. The molecule has 0 radical (unpaired) electrons. The van der Waals surface area contributed by atoms with E-state index in [0.717, 1.165) is 5.56 Å². The number of aromatic nitrogens is 1. The first-order valence-corrected chi connectivity index (χ1v) is 4.76. The van der Waals surface area contributed by atoms with Crippen LogP contribution in [0.4, 0.5) is 0 Å². The number of rotatable bonds is 2. The summed E-state index contributed by atoms with van der Waals surface area (Å²) >= 11 is 0. The van der Waals surface area contributed by atoms with E-state index in [4.69, 9.17) is 5.73 Å². The van der Waals surface area contributed by atoms with Crippen molar-refractivity contribution in [3.05, 3.63) is 58.5 Å². The Kier molecular flexibility index (Phi) is 2.55. The van der Waals surface area contributed by atoms with E-state index in [0.29, 0.717) is 11.1 Å². The number of pyridine rings is 1. The van der Waals surface area contributed by atoms with Crippen molar-refractivity contribution in [1.29, 1.82) is 0 Å². The number of primary amides is 1. The fraction of sp³-hybridized carbons (Fsp3) is 0. The van der Waals surface area contributed by atoms with Crippen molar-refractivity contribution in [1.82, 2.24) is 4.98 Å². The Morgan fingerprint density at radius 3 is 2.50 bits per heavy atom. The zero-order valence-electron chi connectivity index (χ0n) is 8.44. The van der Waals surface area contributed by atoms with Gasteiger partial charge in [-0.2, -0.15) is 0 Å². The lowest BCUT2D eigenvalue weighted by Gasteiger charge is -2.05. The minimum Gasteiger partial charge on any atom is -0.366 e. The maximum absolute atomic E-state index is 11.2. The minimum absolute atomic E-state index is 0.180. The quantitative estimate of drug-likeness (QED) is 0.786. The number of carbonyl (C=O) groups excluding carboxylic acids is 1. The Labute approximate surface area is 91.7 Å². The summed E-state index contributed by atoms with van der Waals surface area (Å²) in [7, 11) is 0. The van der Waals surface area contributed by atoms with Crippen molar-refractivity contribution >= 4 is 5.91 Å². The normalized spacial score (nSPS) is 10.0. The molecule has 0 saturated heterocycles. The molecule has 0 spiro atoms. The van der Waals surface area contributed by atoms with Crippen LogP contribution in [0.5, 0.6) is 0 Å². The van der Waals surface area contributed by atoms with Crippen LogP contribution in [0, 0.1) is 0 Å². The summed E-state index contributed by atoms with van der Waals surface area (Å²) in [5.74, 6) is -0.484. The second-order valence-electron chi connectivity index (χ2n) is 3.35. The van der Waals surface area contributed by atoms with E-state index in [1.54, 1.807) is 30.5 Å². The van der Waals surface area contributed by atoms with Gasteiger partial charge in [-0.05, 0) is 23.3 Å². The maximum Gasteiger partial charge on any atom is 0.249 e. The van der Waals surface area contributed by atoms with Gasteiger partial charge in [0.05, 0.1) is 0 Å². The Morgan fingerprint density at radius 1 is 1.12 bits per heavy atom. The van der Waals surface area contributed by atoms with Crippen molar-refractivity contribution in [2.24, 2.45) is 5.73 Å². The highest BCUT2D eigenvalue weighted by molar-refractivity contribution is 5.99. The predicted molar refractivity (Wildman–Crippen MR) is 61.0 cm³/mol. The maximum atomic E-state index is 11.2. The topological polar surface area (TPSA) is 76.0 Å². The summed E-state index contributed by atoms with van der Waals surface area (Å²) in [5.41, 5.74) is 7.00. The molecule has 0 aliphatic rings. The SMILES string of the molecule is NC(=O)c1ccccc1-c1ccc(=O)[nH]c1. The van der Waals surface area contributed by atoms with Gasteiger partial charge >= 0.3 is 0 Å². The van der Waals surface area contributed by atoms with Crippen LogP contribution in [-0.2, 0) is 0 Å². The van der Waals surface area contributed by atoms with Crippen LogP contribution in [0.15, 0.2) is 47.4 Å². The zero-order chi connectivity index (χ0) is 11.5. The second kappa shape index (κ2) is 4.02. The molecule has 1 amide bonds. The largest absolute Gasteiger partial charge is 0.366 e. The molecule has 1 aromatic carbocycles. The highest BCUT2D eigenvalue weighted by Crippen LogP contribution is 2.21. The van der Waals surface area contributed by atoms with Gasteiger partial charge in [0, 0.05) is 17.8 Å². The number of carbonyl (C=O) groups is 1. The van der Waals surface area contributed by atoms with Gasteiger partial charge in [-0.1, -0.05) is 18.2 Å². The van der Waals surface area contributed by atoms with Crippen molar-refractivity contribution in [3.8, 4) is 11.1 Å². The number of aromatic amines is 1. The van der Waals surface area contributed by atoms with Crippen molar-refractivity contribution in [3.63, 3.8) is 0 Å². The summed E-state index contributed by atoms with van der Waals surface area (Å²) < 4.78 is 0. The van der Waals surface area contributed by atoms with Crippen molar-refractivity contribution < 1.29 is 4.79 Å². The molecule has 2 aromatic rings. The molecule has 4 nitrogen and oxygen atoms in total. The Bertz CT molecular complexity index is 567. The number of nitrogens with one attached hydrogen (secondary N) is 1. The summed E-state index contributed by atoms with van der Waals surface area (Å²) in [4.78, 5) is 24.7. The molecular formula is C12H10N2O2. The number of benzene rings is 1. The van der Waals surface area contributed by atoms with Gasteiger partial charge in [0.1, 0.15) is 0 Å². The van der Waals surface area contributed by atoms with Crippen LogP contribution in [0.3, 0.4) is 0 Å². The highest BCUT2D eigenvalue weighted by Gasteiger charge is 2.08. The Hall–Kier alpha value is -2.36. The summed E-state index contributed by atoms with van der Waals surface area (Å²) in [5, 5.41) is 0. The van der Waals surface area contributed by atoms with Gasteiger partial charge in [-0.15, -0.1) is 0 Å². The van der Waals surface area contributed by atoms with Gasteiger partial charge in [-0.3, -0.25) is 9.59 Å². The molecule has 1 aromatic heterocycles. The average Bonchev–Trinajstić information content (AvgIpc) is 2.30. The number of hydrogen-bond acceptors (Lipinski definition) is 2.